The van der Waals surface area contributed by atoms with Crippen LogP contribution in [0.3, 0.4) is 0 Å². The van der Waals surface area contributed by atoms with E-state index in [1.807, 2.05) is 26.0 Å². The highest BCUT2D eigenvalue weighted by Crippen LogP contribution is 2.29. The van der Waals surface area contributed by atoms with Crippen LogP contribution in [0.1, 0.15) is 28.4 Å². The molecule has 1 aliphatic heterocycles. The number of carbonyl (C=O) groups is 2. The summed E-state index contributed by atoms with van der Waals surface area (Å²) in [5, 5.41) is 0.789. The second-order valence-electron chi connectivity index (χ2n) is 7.52. The average molecular weight is 389 g/mol. The minimum Gasteiger partial charge on any atom is -0.342 e. The third-order valence-electron chi connectivity index (χ3n) is 5.73. The van der Waals surface area contributed by atoms with Gasteiger partial charge >= 0.3 is 0 Å². The Morgan fingerprint density at radius 2 is 1.86 bits per heavy atom. The van der Waals surface area contributed by atoms with Crippen molar-refractivity contribution in [3.63, 3.8) is 0 Å². The Morgan fingerprint density at radius 1 is 1.14 bits per heavy atom. The maximum Gasteiger partial charge on any atom is 0.255 e. The van der Waals surface area contributed by atoms with Gasteiger partial charge in [0.1, 0.15) is 12.4 Å². The van der Waals surface area contributed by atoms with Crippen LogP contribution in [0.15, 0.2) is 36.9 Å². The number of aryl methyl sites for hydroxylation is 2. The number of piperazine rings is 1. The third-order valence-corrected chi connectivity index (χ3v) is 5.73. The largest absolute Gasteiger partial charge is 0.342 e. The molecule has 0 bridgehead atoms. The van der Waals surface area contributed by atoms with Crippen LogP contribution >= 0.6 is 0 Å². The Morgan fingerprint density at radius 3 is 2.59 bits per heavy atom. The summed E-state index contributed by atoms with van der Waals surface area (Å²) in [5.74, 6) is -0.209. The molecule has 0 spiro atoms. The number of hydrogen-bond donors (Lipinski definition) is 0. The number of nitrogens with zero attached hydrogens (tertiary/aromatic N) is 5. The molecule has 29 heavy (non-hydrogen) atoms. The van der Waals surface area contributed by atoms with Crippen molar-refractivity contribution in [2.45, 2.75) is 26.8 Å². The first-order valence-corrected chi connectivity index (χ1v) is 9.60. The highest BCUT2D eigenvalue weighted by Gasteiger charge is 2.34. The first-order valence-electron chi connectivity index (χ1n) is 9.60. The SMILES string of the molecule is Cc1ccc2c(C(=O)N3CCN(C)C(=O)C3C)cc(-c3cncnc3)nc2c1C. The van der Waals surface area contributed by atoms with Gasteiger partial charge in [-0.05, 0) is 38.0 Å². The van der Waals surface area contributed by atoms with Crippen LogP contribution in [0.25, 0.3) is 22.2 Å². The van der Waals surface area contributed by atoms with Crippen molar-refractivity contribution >= 4 is 22.7 Å². The van der Waals surface area contributed by atoms with Crippen molar-refractivity contribution in [1.29, 1.82) is 0 Å². The molecule has 0 N–H and O–H groups in total. The van der Waals surface area contributed by atoms with E-state index in [4.69, 9.17) is 4.98 Å². The fourth-order valence-corrected chi connectivity index (χ4v) is 3.73. The molecule has 1 fully saturated rings. The van der Waals surface area contributed by atoms with E-state index >= 15 is 0 Å². The smallest absolute Gasteiger partial charge is 0.255 e. The standard InChI is InChI=1S/C22H23N5O2/c1-13-5-6-17-18(22(29)27-8-7-26(4)21(28)15(27)3)9-19(25-20(17)14(13)2)16-10-23-12-24-11-16/h5-6,9-12,15H,7-8H2,1-4H3. The molecule has 1 atom stereocenters. The molecule has 1 unspecified atom stereocenters. The van der Waals surface area contributed by atoms with Gasteiger partial charge in [-0.2, -0.15) is 0 Å². The van der Waals surface area contributed by atoms with Crippen LogP contribution < -0.4 is 0 Å². The van der Waals surface area contributed by atoms with E-state index < -0.39 is 6.04 Å². The van der Waals surface area contributed by atoms with E-state index in [2.05, 4.69) is 9.97 Å². The summed E-state index contributed by atoms with van der Waals surface area (Å²) >= 11 is 0. The minimum absolute atomic E-state index is 0.0494. The van der Waals surface area contributed by atoms with Gasteiger partial charge in [0.2, 0.25) is 5.91 Å². The zero-order chi connectivity index (χ0) is 20.7. The Bertz CT molecular complexity index is 1110. The lowest BCUT2D eigenvalue weighted by molar-refractivity contribution is -0.137. The predicted molar refractivity (Wildman–Crippen MR) is 110 cm³/mol. The predicted octanol–water partition coefficient (Wildman–Crippen LogP) is 2.61. The van der Waals surface area contributed by atoms with Gasteiger partial charge in [-0.15, -0.1) is 0 Å². The van der Waals surface area contributed by atoms with Crippen molar-refractivity contribution in [2.75, 3.05) is 20.1 Å². The number of likely N-dealkylation sites (N-methyl/N-ethyl adjacent to an activating group) is 1. The number of carbonyl (C=O) groups excluding carboxylic acids is 2. The highest BCUT2D eigenvalue weighted by molar-refractivity contribution is 6.09. The molecule has 1 aliphatic rings. The number of aromatic nitrogens is 3. The van der Waals surface area contributed by atoms with Crippen LogP contribution in [0.5, 0.6) is 0 Å². The molecule has 0 saturated carbocycles. The fraction of sp³-hybridized carbons (Fsp3) is 0.318. The van der Waals surface area contributed by atoms with E-state index in [0.717, 1.165) is 27.6 Å². The Balaban J connectivity index is 1.90. The molecule has 1 aromatic carbocycles. The van der Waals surface area contributed by atoms with Crippen molar-refractivity contribution in [1.82, 2.24) is 24.8 Å². The van der Waals surface area contributed by atoms with Crippen molar-refractivity contribution < 1.29 is 9.59 Å². The van der Waals surface area contributed by atoms with E-state index in [0.29, 0.717) is 24.3 Å². The summed E-state index contributed by atoms with van der Waals surface area (Å²) in [5.41, 5.74) is 4.84. The lowest BCUT2D eigenvalue weighted by atomic mass is 9.98. The van der Waals surface area contributed by atoms with Crippen molar-refractivity contribution in [3.05, 3.63) is 53.6 Å². The normalized spacial score (nSPS) is 17.1. The molecule has 148 valence electrons. The highest BCUT2D eigenvalue weighted by atomic mass is 16.2. The van der Waals surface area contributed by atoms with Gasteiger partial charge in [0.05, 0.1) is 16.8 Å². The van der Waals surface area contributed by atoms with Gasteiger partial charge in [0.25, 0.3) is 5.91 Å². The zero-order valence-corrected chi connectivity index (χ0v) is 17.0. The van der Waals surface area contributed by atoms with Crippen LogP contribution in [0, 0.1) is 13.8 Å². The molecular formula is C22H23N5O2. The zero-order valence-electron chi connectivity index (χ0n) is 17.0. The molecule has 3 heterocycles. The summed E-state index contributed by atoms with van der Waals surface area (Å²) in [6.07, 6.45) is 4.83. The number of amides is 2. The van der Waals surface area contributed by atoms with Crippen molar-refractivity contribution in [2.24, 2.45) is 0 Å². The van der Waals surface area contributed by atoms with Gasteiger partial charge in [-0.1, -0.05) is 12.1 Å². The summed E-state index contributed by atoms with van der Waals surface area (Å²) in [6, 6.07) is 5.22. The Kier molecular flexibility index (Phi) is 4.74. The lowest BCUT2D eigenvalue weighted by Crippen LogP contribution is -2.56. The molecule has 0 aliphatic carbocycles. The number of hydrogen-bond acceptors (Lipinski definition) is 5. The number of rotatable bonds is 2. The first kappa shape index (κ1) is 19.0. The molecule has 4 rings (SSSR count). The Labute approximate surface area is 169 Å². The number of pyridine rings is 1. The quantitative estimate of drug-likeness (QED) is 0.673. The summed E-state index contributed by atoms with van der Waals surface area (Å²) in [7, 11) is 1.77. The van der Waals surface area contributed by atoms with E-state index in [1.54, 1.807) is 42.2 Å². The van der Waals surface area contributed by atoms with E-state index in [1.165, 1.54) is 6.33 Å². The number of fused-ring (bicyclic) bond motifs is 1. The lowest BCUT2D eigenvalue weighted by Gasteiger charge is -2.37. The number of benzene rings is 1. The monoisotopic (exact) mass is 389 g/mol. The van der Waals surface area contributed by atoms with Gasteiger partial charge in [0, 0.05) is 43.5 Å². The molecular weight excluding hydrogens is 366 g/mol. The molecule has 1 saturated heterocycles. The molecule has 3 aromatic rings. The summed E-state index contributed by atoms with van der Waals surface area (Å²) in [6.45, 7) is 6.83. The fourth-order valence-electron chi connectivity index (χ4n) is 3.73. The van der Waals surface area contributed by atoms with E-state index in [-0.39, 0.29) is 11.8 Å². The Hall–Kier alpha value is -3.35. The summed E-state index contributed by atoms with van der Waals surface area (Å²) < 4.78 is 0. The van der Waals surface area contributed by atoms with Gasteiger partial charge in [0.15, 0.2) is 0 Å². The summed E-state index contributed by atoms with van der Waals surface area (Å²) in [4.78, 5) is 42.3. The maximum absolute atomic E-state index is 13.6. The van der Waals surface area contributed by atoms with Crippen molar-refractivity contribution in [3.8, 4) is 11.3 Å². The van der Waals surface area contributed by atoms with Crippen LogP contribution in [0.4, 0.5) is 0 Å². The minimum atomic E-state index is -0.500. The van der Waals surface area contributed by atoms with Gasteiger partial charge in [-0.25, -0.2) is 15.0 Å². The maximum atomic E-state index is 13.6. The second-order valence-corrected chi connectivity index (χ2v) is 7.52. The van der Waals surface area contributed by atoms with Crippen LogP contribution in [-0.2, 0) is 4.79 Å². The molecule has 7 nitrogen and oxygen atoms in total. The third kappa shape index (κ3) is 3.22. The molecule has 0 radical (unpaired) electrons. The second kappa shape index (κ2) is 7.24. The molecule has 2 aromatic heterocycles. The van der Waals surface area contributed by atoms with Crippen LogP contribution in [-0.4, -0.2) is 62.7 Å². The average Bonchev–Trinajstić information content (AvgIpc) is 2.74. The topological polar surface area (TPSA) is 79.3 Å². The first-order chi connectivity index (χ1) is 13.9. The molecule has 2 amide bonds. The molecule has 7 heteroatoms. The van der Waals surface area contributed by atoms with Gasteiger partial charge < -0.3 is 9.80 Å². The van der Waals surface area contributed by atoms with E-state index in [9.17, 15) is 9.59 Å². The van der Waals surface area contributed by atoms with Gasteiger partial charge in [-0.3, -0.25) is 9.59 Å². The van der Waals surface area contributed by atoms with Crippen LogP contribution in [0.2, 0.25) is 0 Å².